The third-order valence-electron chi connectivity index (χ3n) is 18.0. The number of allylic oxidation sites excluding steroid dienone is 5. The van der Waals surface area contributed by atoms with E-state index in [4.69, 9.17) is 14.2 Å². The first-order valence-corrected chi connectivity index (χ1v) is 37.8. The number of hydrogen-bond acceptors (Lipinski definition) is 10. The predicted octanol–water partition coefficient (Wildman–Crippen LogP) is 19.7. The van der Waals surface area contributed by atoms with E-state index in [0.717, 1.165) is 57.8 Å². The first kappa shape index (κ1) is 82.9. The Bertz CT molecular complexity index is 1540. The largest absolute Gasteiger partial charge is 0.466 e. The Morgan fingerprint density at radius 2 is 0.736 bits per heavy atom. The molecule has 0 radical (unpaired) electrons. The Morgan fingerprint density at radius 3 is 1.10 bits per heavy atom. The minimum atomic E-state index is -1.57. The van der Waals surface area contributed by atoms with Crippen LogP contribution in [0.25, 0.3) is 0 Å². The molecular weight excluding hydrogens is 1090 g/mol. The number of amides is 1. The number of hydrogen-bond donors (Lipinski definition) is 6. The molecule has 87 heavy (non-hydrogen) atoms. The molecule has 0 aliphatic carbocycles. The molecular formula is C76H143NO10. The lowest BCUT2D eigenvalue weighted by molar-refractivity contribution is -0.302. The first-order valence-electron chi connectivity index (χ1n) is 37.8. The van der Waals surface area contributed by atoms with E-state index in [1.165, 1.54) is 289 Å². The summed E-state index contributed by atoms with van der Waals surface area (Å²) in [6, 6.07) is -0.807. The number of carbonyl (C=O) groups excluding carboxylic acids is 2. The van der Waals surface area contributed by atoms with Crippen LogP contribution in [0.15, 0.2) is 36.5 Å². The van der Waals surface area contributed by atoms with Crippen molar-refractivity contribution in [1.29, 1.82) is 0 Å². The maximum absolute atomic E-state index is 13.0. The summed E-state index contributed by atoms with van der Waals surface area (Å²) >= 11 is 0. The summed E-state index contributed by atoms with van der Waals surface area (Å²) in [5.41, 5.74) is 0. The van der Waals surface area contributed by atoms with Gasteiger partial charge in [0.15, 0.2) is 6.29 Å². The molecule has 1 rings (SSSR count). The molecule has 0 spiro atoms. The van der Waals surface area contributed by atoms with Crippen LogP contribution in [0.4, 0.5) is 0 Å². The Balaban J connectivity index is 1.88. The lowest BCUT2D eigenvalue weighted by atomic mass is 9.99. The zero-order valence-electron chi connectivity index (χ0n) is 57.0. The molecule has 1 heterocycles. The summed E-state index contributed by atoms with van der Waals surface area (Å²) in [6.07, 6.45) is 74.6. The number of aliphatic hydroxyl groups excluding tert-OH is 5. The van der Waals surface area contributed by atoms with Crippen molar-refractivity contribution in [2.75, 3.05) is 19.8 Å². The molecule has 7 unspecified atom stereocenters. The van der Waals surface area contributed by atoms with Crippen LogP contribution in [-0.2, 0) is 23.8 Å². The highest BCUT2D eigenvalue weighted by molar-refractivity contribution is 5.76. The number of ether oxygens (including phenoxy) is 3. The number of unbranched alkanes of at least 4 members (excludes halogenated alkanes) is 49. The molecule has 1 saturated heterocycles. The molecule has 1 fully saturated rings. The van der Waals surface area contributed by atoms with Crippen LogP contribution in [-0.4, -0.2) is 100 Å². The molecule has 6 N–H and O–H groups in total. The van der Waals surface area contributed by atoms with Gasteiger partial charge in [-0.15, -0.1) is 0 Å². The Labute approximate surface area is 536 Å². The fraction of sp³-hybridized carbons (Fsp3) is 0.895. The van der Waals surface area contributed by atoms with Gasteiger partial charge in [0.1, 0.15) is 24.4 Å². The molecule has 1 amide bonds. The van der Waals surface area contributed by atoms with Gasteiger partial charge in [0, 0.05) is 12.8 Å². The maximum Gasteiger partial charge on any atom is 0.305 e. The second-order valence-electron chi connectivity index (χ2n) is 26.3. The van der Waals surface area contributed by atoms with Gasteiger partial charge < -0.3 is 45.1 Å². The van der Waals surface area contributed by atoms with Crippen molar-refractivity contribution >= 4 is 11.9 Å². The van der Waals surface area contributed by atoms with Crippen LogP contribution in [0.1, 0.15) is 373 Å². The molecule has 0 aromatic carbocycles. The number of carbonyl (C=O) groups is 2. The summed E-state index contributed by atoms with van der Waals surface area (Å²) in [5.74, 6) is -0.170. The topological polar surface area (TPSA) is 175 Å². The minimum absolute atomic E-state index is 0.00981. The average molecular weight is 1230 g/mol. The van der Waals surface area contributed by atoms with Gasteiger partial charge in [0.05, 0.1) is 32.0 Å². The summed E-state index contributed by atoms with van der Waals surface area (Å²) in [4.78, 5) is 25.2. The van der Waals surface area contributed by atoms with Gasteiger partial charge in [-0.05, 0) is 83.5 Å². The normalized spacial score (nSPS) is 18.0. The van der Waals surface area contributed by atoms with E-state index >= 15 is 0 Å². The highest BCUT2D eigenvalue weighted by Crippen LogP contribution is 2.23. The van der Waals surface area contributed by atoms with Crippen LogP contribution in [0.2, 0.25) is 0 Å². The molecule has 7 atom stereocenters. The van der Waals surface area contributed by atoms with Crippen LogP contribution < -0.4 is 5.32 Å². The molecule has 0 aromatic heterocycles. The van der Waals surface area contributed by atoms with Crippen molar-refractivity contribution < 1.29 is 49.3 Å². The highest BCUT2D eigenvalue weighted by atomic mass is 16.7. The molecule has 11 heteroatoms. The summed E-state index contributed by atoms with van der Waals surface area (Å²) in [7, 11) is 0. The highest BCUT2D eigenvalue weighted by Gasteiger charge is 2.44. The summed E-state index contributed by atoms with van der Waals surface area (Å²) in [6.45, 7) is 4.35. The zero-order valence-corrected chi connectivity index (χ0v) is 57.0. The number of rotatable bonds is 67. The SMILES string of the molecule is CCCCCCCC/C=C\CCCCCCCCCCCC(=O)OCCCCCCCCCCCCCC/C=C\CCCCCCCCCCCCCCCCCC(=O)NC(COC1OC(CO)C(O)C(O)C1O)C(O)/C=C/CCCCCCCCC. The van der Waals surface area contributed by atoms with E-state index < -0.39 is 49.5 Å². The van der Waals surface area contributed by atoms with Crippen LogP contribution >= 0.6 is 0 Å². The third kappa shape index (κ3) is 54.2. The fourth-order valence-corrected chi connectivity index (χ4v) is 12.0. The van der Waals surface area contributed by atoms with Crippen molar-refractivity contribution in [3.8, 4) is 0 Å². The second-order valence-corrected chi connectivity index (χ2v) is 26.3. The second kappa shape index (κ2) is 65.4. The van der Waals surface area contributed by atoms with Gasteiger partial charge in [-0.25, -0.2) is 0 Å². The van der Waals surface area contributed by atoms with Gasteiger partial charge in [-0.1, -0.05) is 314 Å². The lowest BCUT2D eigenvalue weighted by Crippen LogP contribution is -2.60. The molecule has 0 aromatic rings. The minimum Gasteiger partial charge on any atom is -0.466 e. The summed E-state index contributed by atoms with van der Waals surface area (Å²) in [5, 5.41) is 54.3. The standard InChI is InChI=1S/C76H143NO10/c1-3-5-7-9-11-13-14-15-16-17-31-35-38-41-44-48-52-56-60-64-72(81)85-65-61-57-53-49-45-42-39-36-33-30-28-26-24-22-20-18-19-21-23-25-27-29-32-34-37-40-43-47-51-55-59-63-71(80)77-68(69(79)62-58-54-50-46-12-10-8-6-4-2)67-86-76-75(84)74(83)73(82)70(66-78)87-76/h15-16,20,22,58,62,68-70,73-76,78-79,82-84H,3-14,17-19,21,23-57,59-61,63-67H2,1-2H3,(H,77,80)/b16-15-,22-20-,62-58+. The zero-order chi connectivity index (χ0) is 63.0. The van der Waals surface area contributed by atoms with Gasteiger partial charge in [0.25, 0.3) is 0 Å². The molecule has 0 bridgehead atoms. The van der Waals surface area contributed by atoms with Crippen molar-refractivity contribution in [2.24, 2.45) is 0 Å². The van der Waals surface area contributed by atoms with E-state index in [-0.39, 0.29) is 18.5 Å². The van der Waals surface area contributed by atoms with Gasteiger partial charge in [-0.2, -0.15) is 0 Å². The van der Waals surface area contributed by atoms with Crippen LogP contribution in [0.5, 0.6) is 0 Å². The van der Waals surface area contributed by atoms with Crippen molar-refractivity contribution in [3.63, 3.8) is 0 Å². The monoisotopic (exact) mass is 1230 g/mol. The average Bonchev–Trinajstić information content (AvgIpc) is 3.36. The number of aliphatic hydroxyl groups is 5. The molecule has 1 aliphatic heterocycles. The van der Waals surface area contributed by atoms with Crippen LogP contribution in [0, 0.1) is 0 Å². The molecule has 512 valence electrons. The van der Waals surface area contributed by atoms with Crippen molar-refractivity contribution in [1.82, 2.24) is 5.32 Å². The van der Waals surface area contributed by atoms with Gasteiger partial charge >= 0.3 is 5.97 Å². The maximum atomic E-state index is 13.0. The van der Waals surface area contributed by atoms with E-state index in [1.807, 2.05) is 6.08 Å². The Kier molecular flexibility index (Phi) is 62.3. The van der Waals surface area contributed by atoms with E-state index in [0.29, 0.717) is 19.4 Å². The number of esters is 1. The molecule has 0 saturated carbocycles. The van der Waals surface area contributed by atoms with Gasteiger partial charge in [-0.3, -0.25) is 9.59 Å². The van der Waals surface area contributed by atoms with Crippen molar-refractivity contribution in [3.05, 3.63) is 36.5 Å². The number of nitrogens with one attached hydrogen (secondary N) is 1. The van der Waals surface area contributed by atoms with E-state index in [2.05, 4.69) is 43.5 Å². The summed E-state index contributed by atoms with van der Waals surface area (Å²) < 4.78 is 16.7. The molecule has 1 aliphatic rings. The Hall–Kier alpha value is -2.12. The first-order chi connectivity index (χ1) is 42.7. The van der Waals surface area contributed by atoms with E-state index in [9.17, 15) is 35.1 Å². The van der Waals surface area contributed by atoms with E-state index in [1.54, 1.807) is 6.08 Å². The van der Waals surface area contributed by atoms with Crippen molar-refractivity contribution in [2.45, 2.75) is 416 Å². The van der Waals surface area contributed by atoms with Gasteiger partial charge in [0.2, 0.25) is 5.91 Å². The predicted molar refractivity (Wildman–Crippen MR) is 366 cm³/mol. The quantitative estimate of drug-likeness (QED) is 0.0195. The Morgan fingerprint density at radius 1 is 0.414 bits per heavy atom. The fourth-order valence-electron chi connectivity index (χ4n) is 12.0. The molecule has 11 nitrogen and oxygen atoms in total. The van der Waals surface area contributed by atoms with Crippen LogP contribution in [0.3, 0.4) is 0 Å². The smallest absolute Gasteiger partial charge is 0.305 e. The lowest BCUT2D eigenvalue weighted by Gasteiger charge is -2.40. The third-order valence-corrected chi connectivity index (χ3v) is 18.0.